The molecule has 3 nitrogen and oxygen atoms in total. The molecule has 0 bridgehead atoms. The number of rotatable bonds is 2. The molecular weight excluding hydrogens is 198 g/mol. The first-order valence-corrected chi connectivity index (χ1v) is 5.03. The van der Waals surface area contributed by atoms with Gasteiger partial charge in [0, 0.05) is 10.6 Å². The van der Waals surface area contributed by atoms with E-state index >= 15 is 0 Å². The van der Waals surface area contributed by atoms with Crippen molar-refractivity contribution >= 4 is 5.69 Å². The third-order valence-electron chi connectivity index (χ3n) is 2.49. The molecule has 0 radical (unpaired) electrons. The second kappa shape index (κ2) is 4.51. The molecule has 2 rings (SSSR count). The Morgan fingerprint density at radius 2 is 1.56 bits per heavy atom. The van der Waals surface area contributed by atoms with Crippen molar-refractivity contribution < 1.29 is 0 Å². The first-order valence-electron chi connectivity index (χ1n) is 5.03. The van der Waals surface area contributed by atoms with Gasteiger partial charge in [-0.25, -0.2) is 0 Å². The Bertz CT molecular complexity index is 555. The molecule has 0 unspecified atom stereocenters. The van der Waals surface area contributed by atoms with E-state index in [0.717, 1.165) is 11.1 Å². The second-order valence-corrected chi connectivity index (χ2v) is 3.52. The number of aryl methyl sites for hydroxylation is 1. The third kappa shape index (κ3) is 1.90. The molecule has 0 aromatic heterocycles. The summed E-state index contributed by atoms with van der Waals surface area (Å²) in [5.41, 5.74) is 12.4. The SMILES string of the molecule is Cc1ccccc1-c1ccccc1N=[N+]=[N-]. The summed E-state index contributed by atoms with van der Waals surface area (Å²) in [4.78, 5) is 2.85. The van der Waals surface area contributed by atoms with Gasteiger partial charge < -0.3 is 0 Å². The molecule has 16 heavy (non-hydrogen) atoms. The number of hydrogen-bond donors (Lipinski definition) is 0. The average Bonchev–Trinajstić information content (AvgIpc) is 2.31. The molecule has 0 aliphatic carbocycles. The molecule has 2 aromatic carbocycles. The van der Waals surface area contributed by atoms with E-state index in [2.05, 4.69) is 10.0 Å². The van der Waals surface area contributed by atoms with Crippen molar-refractivity contribution in [3.8, 4) is 11.1 Å². The van der Waals surface area contributed by atoms with Crippen molar-refractivity contribution in [3.05, 3.63) is 64.5 Å². The van der Waals surface area contributed by atoms with Crippen LogP contribution in [0.15, 0.2) is 53.6 Å². The van der Waals surface area contributed by atoms with Crippen molar-refractivity contribution in [3.63, 3.8) is 0 Å². The molecule has 0 saturated heterocycles. The smallest absolute Gasteiger partial charge is 0.0453 e. The fraction of sp³-hybridized carbons (Fsp3) is 0.0769. The Morgan fingerprint density at radius 1 is 0.938 bits per heavy atom. The molecule has 0 heterocycles. The monoisotopic (exact) mass is 209 g/mol. The van der Waals surface area contributed by atoms with Crippen molar-refractivity contribution in [2.45, 2.75) is 6.92 Å². The lowest BCUT2D eigenvalue weighted by molar-refractivity contribution is 1.42. The summed E-state index contributed by atoms with van der Waals surface area (Å²) in [5.74, 6) is 0. The summed E-state index contributed by atoms with van der Waals surface area (Å²) in [5, 5.41) is 3.70. The van der Waals surface area contributed by atoms with Gasteiger partial charge in [0.1, 0.15) is 0 Å². The lowest BCUT2D eigenvalue weighted by atomic mass is 9.99. The summed E-state index contributed by atoms with van der Waals surface area (Å²) in [6.07, 6.45) is 0. The maximum atomic E-state index is 8.52. The topological polar surface area (TPSA) is 48.8 Å². The third-order valence-corrected chi connectivity index (χ3v) is 2.49. The van der Waals surface area contributed by atoms with Crippen molar-refractivity contribution in [2.24, 2.45) is 5.11 Å². The van der Waals surface area contributed by atoms with E-state index < -0.39 is 0 Å². The first kappa shape index (κ1) is 10.3. The molecular formula is C13H11N3. The zero-order valence-electron chi connectivity index (χ0n) is 8.96. The Morgan fingerprint density at radius 3 is 2.25 bits per heavy atom. The molecule has 0 spiro atoms. The summed E-state index contributed by atoms with van der Waals surface area (Å²) >= 11 is 0. The highest BCUT2D eigenvalue weighted by atomic mass is 15.1. The van der Waals surface area contributed by atoms with Crippen LogP contribution in [0.3, 0.4) is 0 Å². The van der Waals surface area contributed by atoms with E-state index in [9.17, 15) is 0 Å². The molecule has 0 aliphatic rings. The maximum absolute atomic E-state index is 8.52. The van der Waals surface area contributed by atoms with Crippen LogP contribution in [0.4, 0.5) is 5.69 Å². The number of benzene rings is 2. The highest BCUT2D eigenvalue weighted by Crippen LogP contribution is 2.31. The maximum Gasteiger partial charge on any atom is 0.0453 e. The predicted molar refractivity (Wildman–Crippen MR) is 65.4 cm³/mol. The van der Waals surface area contributed by atoms with Gasteiger partial charge in [0.15, 0.2) is 0 Å². The molecule has 0 N–H and O–H groups in total. The van der Waals surface area contributed by atoms with Crippen molar-refractivity contribution in [1.82, 2.24) is 0 Å². The number of hydrogen-bond acceptors (Lipinski definition) is 1. The van der Waals surface area contributed by atoms with Crippen LogP contribution in [0, 0.1) is 6.92 Å². The first-order chi connectivity index (χ1) is 7.83. The highest BCUT2D eigenvalue weighted by Gasteiger charge is 2.04. The summed E-state index contributed by atoms with van der Waals surface area (Å²) in [6.45, 7) is 2.04. The molecule has 0 saturated carbocycles. The van der Waals surface area contributed by atoms with Gasteiger partial charge in [-0.15, -0.1) is 0 Å². The molecule has 0 atom stereocenters. The normalized spacial score (nSPS) is 9.56. The van der Waals surface area contributed by atoms with Crippen LogP contribution in [0.2, 0.25) is 0 Å². The average molecular weight is 209 g/mol. The second-order valence-electron chi connectivity index (χ2n) is 3.52. The van der Waals surface area contributed by atoms with Gasteiger partial charge >= 0.3 is 0 Å². The van der Waals surface area contributed by atoms with Crippen LogP contribution in [0.5, 0.6) is 0 Å². The standard InChI is InChI=1S/C13H11N3/c1-10-6-2-3-7-11(10)12-8-4-5-9-13(12)15-16-14/h2-9H,1H3. The van der Waals surface area contributed by atoms with Crippen LogP contribution in [0.1, 0.15) is 5.56 Å². The minimum absolute atomic E-state index is 0.666. The molecule has 78 valence electrons. The number of nitrogens with zero attached hydrogens (tertiary/aromatic N) is 3. The Hall–Kier alpha value is -2.25. The Balaban J connectivity index is 2.64. The Kier molecular flexibility index (Phi) is 2.90. The van der Waals surface area contributed by atoms with Gasteiger partial charge in [-0.1, -0.05) is 53.6 Å². The van der Waals surface area contributed by atoms with Crippen LogP contribution >= 0.6 is 0 Å². The van der Waals surface area contributed by atoms with E-state index in [1.165, 1.54) is 5.56 Å². The van der Waals surface area contributed by atoms with Gasteiger partial charge in [0.2, 0.25) is 0 Å². The summed E-state index contributed by atoms with van der Waals surface area (Å²) < 4.78 is 0. The zero-order chi connectivity index (χ0) is 11.4. The lowest BCUT2D eigenvalue weighted by Gasteiger charge is -2.07. The minimum Gasteiger partial charge on any atom is -0.0620 e. The van der Waals surface area contributed by atoms with Gasteiger partial charge in [0.05, 0.1) is 0 Å². The molecule has 0 aliphatic heterocycles. The van der Waals surface area contributed by atoms with E-state index in [-0.39, 0.29) is 0 Å². The summed E-state index contributed by atoms with van der Waals surface area (Å²) in [7, 11) is 0. The summed E-state index contributed by atoms with van der Waals surface area (Å²) in [6, 6.07) is 15.6. The predicted octanol–water partition coefficient (Wildman–Crippen LogP) is 4.60. The fourth-order valence-corrected chi connectivity index (χ4v) is 1.71. The molecule has 0 fully saturated rings. The zero-order valence-corrected chi connectivity index (χ0v) is 8.96. The van der Waals surface area contributed by atoms with Crippen molar-refractivity contribution in [1.29, 1.82) is 0 Å². The molecule has 3 heteroatoms. The van der Waals surface area contributed by atoms with Crippen LogP contribution < -0.4 is 0 Å². The van der Waals surface area contributed by atoms with Crippen LogP contribution in [0.25, 0.3) is 21.6 Å². The van der Waals surface area contributed by atoms with Gasteiger partial charge in [-0.05, 0) is 29.1 Å². The lowest BCUT2D eigenvalue weighted by Crippen LogP contribution is -1.82. The number of azide groups is 1. The van der Waals surface area contributed by atoms with Crippen molar-refractivity contribution in [2.75, 3.05) is 0 Å². The van der Waals surface area contributed by atoms with Gasteiger partial charge in [-0.3, -0.25) is 0 Å². The minimum atomic E-state index is 0.666. The van der Waals surface area contributed by atoms with Crippen LogP contribution in [-0.4, -0.2) is 0 Å². The van der Waals surface area contributed by atoms with E-state index in [0.29, 0.717) is 5.69 Å². The largest absolute Gasteiger partial charge is 0.0620 e. The van der Waals surface area contributed by atoms with Gasteiger partial charge in [0.25, 0.3) is 0 Å². The van der Waals surface area contributed by atoms with E-state index in [4.69, 9.17) is 5.53 Å². The highest BCUT2D eigenvalue weighted by molar-refractivity contribution is 5.77. The quantitative estimate of drug-likeness (QED) is 0.394. The molecule has 2 aromatic rings. The fourth-order valence-electron chi connectivity index (χ4n) is 1.71. The van der Waals surface area contributed by atoms with Crippen LogP contribution in [-0.2, 0) is 0 Å². The molecule has 0 amide bonds. The Labute approximate surface area is 94.0 Å². The van der Waals surface area contributed by atoms with E-state index in [1.54, 1.807) is 0 Å². The van der Waals surface area contributed by atoms with E-state index in [1.807, 2.05) is 55.5 Å². The van der Waals surface area contributed by atoms with Gasteiger partial charge in [-0.2, -0.15) is 0 Å².